The minimum atomic E-state index is 0.220. The quantitative estimate of drug-likeness (QED) is 0.852. The van der Waals surface area contributed by atoms with Crippen LogP contribution in [0.5, 0.6) is 17.2 Å². The van der Waals surface area contributed by atoms with Gasteiger partial charge in [-0.25, -0.2) is 0 Å². The molecule has 0 saturated carbocycles. The van der Waals surface area contributed by atoms with Crippen LogP contribution in [-0.2, 0) is 6.42 Å². The largest absolute Gasteiger partial charge is 0.508 e. The zero-order valence-electron chi connectivity index (χ0n) is 9.55. The molecule has 0 aromatic heterocycles. The van der Waals surface area contributed by atoms with Crippen LogP contribution >= 0.6 is 0 Å². The number of hydrogen-bond donors (Lipinski definition) is 2. The fraction of sp³-hybridized carbons (Fsp3) is 0.143. The number of benzene rings is 2. The van der Waals surface area contributed by atoms with Crippen molar-refractivity contribution in [2.24, 2.45) is 0 Å². The molecule has 88 valence electrons. The van der Waals surface area contributed by atoms with Crippen LogP contribution in [0.4, 0.5) is 0 Å². The van der Waals surface area contributed by atoms with Gasteiger partial charge in [-0.2, -0.15) is 0 Å². The summed E-state index contributed by atoms with van der Waals surface area (Å²) in [6, 6.07) is 12.2. The Morgan fingerprint density at radius 2 is 1.71 bits per heavy atom. The van der Waals surface area contributed by atoms with Gasteiger partial charge < -0.3 is 14.9 Å². The van der Waals surface area contributed by atoms with Crippen LogP contribution in [0.1, 0.15) is 11.1 Å². The third-order valence-corrected chi connectivity index (χ3v) is 2.62. The van der Waals surface area contributed by atoms with E-state index in [0.29, 0.717) is 12.2 Å². The van der Waals surface area contributed by atoms with Crippen molar-refractivity contribution in [1.29, 1.82) is 0 Å². The second kappa shape index (κ2) is 4.78. The summed E-state index contributed by atoms with van der Waals surface area (Å²) in [7, 11) is 1.56. The molecule has 2 aromatic rings. The molecule has 2 N–H and O–H groups in total. The zero-order valence-corrected chi connectivity index (χ0v) is 9.55. The number of hydrogen-bond acceptors (Lipinski definition) is 3. The first-order chi connectivity index (χ1) is 8.19. The van der Waals surface area contributed by atoms with Gasteiger partial charge in [-0.15, -0.1) is 0 Å². The van der Waals surface area contributed by atoms with E-state index in [1.54, 1.807) is 25.3 Å². The molecular weight excluding hydrogens is 216 g/mol. The molecule has 0 saturated heterocycles. The van der Waals surface area contributed by atoms with Crippen molar-refractivity contribution >= 4 is 0 Å². The van der Waals surface area contributed by atoms with Crippen molar-refractivity contribution in [2.45, 2.75) is 6.42 Å². The lowest BCUT2D eigenvalue weighted by atomic mass is 10.0. The van der Waals surface area contributed by atoms with E-state index in [9.17, 15) is 10.2 Å². The summed E-state index contributed by atoms with van der Waals surface area (Å²) in [5.74, 6) is 1.10. The second-order valence-corrected chi connectivity index (χ2v) is 3.84. The van der Waals surface area contributed by atoms with Gasteiger partial charge in [0, 0.05) is 12.5 Å². The molecule has 2 rings (SSSR count). The van der Waals surface area contributed by atoms with Crippen LogP contribution < -0.4 is 4.74 Å². The van der Waals surface area contributed by atoms with Gasteiger partial charge in [0.25, 0.3) is 0 Å². The number of phenols is 2. The molecule has 0 bridgehead atoms. The third-order valence-electron chi connectivity index (χ3n) is 2.62. The van der Waals surface area contributed by atoms with Crippen LogP contribution in [0.25, 0.3) is 0 Å². The molecule has 3 nitrogen and oxygen atoms in total. The van der Waals surface area contributed by atoms with E-state index in [4.69, 9.17) is 4.74 Å². The molecule has 0 aliphatic rings. The maximum Gasteiger partial charge on any atom is 0.122 e. The smallest absolute Gasteiger partial charge is 0.122 e. The summed E-state index contributed by atoms with van der Waals surface area (Å²) >= 11 is 0. The molecular formula is C14H14O3. The highest BCUT2D eigenvalue weighted by molar-refractivity contribution is 5.42. The fourth-order valence-corrected chi connectivity index (χ4v) is 1.65. The average molecular weight is 230 g/mol. The number of rotatable bonds is 3. The number of ether oxygens (including phenoxy) is 1. The maximum atomic E-state index is 9.81. The summed E-state index contributed by atoms with van der Waals surface area (Å²) in [5.41, 5.74) is 1.86. The molecule has 0 fully saturated rings. The lowest BCUT2D eigenvalue weighted by Gasteiger charge is -2.07. The molecule has 0 spiro atoms. The van der Waals surface area contributed by atoms with Gasteiger partial charge in [-0.3, -0.25) is 0 Å². The maximum absolute atomic E-state index is 9.81. The predicted octanol–water partition coefficient (Wildman–Crippen LogP) is 2.70. The Hall–Kier alpha value is -2.16. The molecule has 0 aliphatic carbocycles. The van der Waals surface area contributed by atoms with Crippen LogP contribution in [0.2, 0.25) is 0 Å². The molecule has 0 radical (unpaired) electrons. The molecule has 17 heavy (non-hydrogen) atoms. The van der Waals surface area contributed by atoms with Crippen molar-refractivity contribution < 1.29 is 14.9 Å². The minimum Gasteiger partial charge on any atom is -0.508 e. The molecule has 0 unspecified atom stereocenters. The normalized spacial score (nSPS) is 10.2. The van der Waals surface area contributed by atoms with Gasteiger partial charge in [0.05, 0.1) is 7.11 Å². The van der Waals surface area contributed by atoms with Gasteiger partial charge in [-0.1, -0.05) is 18.2 Å². The summed E-state index contributed by atoms with van der Waals surface area (Å²) in [4.78, 5) is 0. The number of phenolic OH excluding ortho intramolecular Hbond substituents is 2. The highest BCUT2D eigenvalue weighted by Crippen LogP contribution is 2.25. The van der Waals surface area contributed by atoms with Gasteiger partial charge in [-0.05, 0) is 29.3 Å². The lowest BCUT2D eigenvalue weighted by molar-refractivity contribution is 0.406. The van der Waals surface area contributed by atoms with E-state index < -0.39 is 0 Å². The Balaban J connectivity index is 2.21. The Kier molecular flexibility index (Phi) is 3.19. The Bertz CT molecular complexity index is 503. The lowest BCUT2D eigenvalue weighted by Crippen LogP contribution is -1.90. The van der Waals surface area contributed by atoms with Crippen LogP contribution in [0.3, 0.4) is 0 Å². The van der Waals surface area contributed by atoms with E-state index in [0.717, 1.165) is 11.1 Å². The van der Waals surface area contributed by atoms with Gasteiger partial charge in [0.15, 0.2) is 0 Å². The van der Waals surface area contributed by atoms with E-state index >= 15 is 0 Å². The van der Waals surface area contributed by atoms with E-state index in [1.807, 2.05) is 24.3 Å². The molecule has 0 aliphatic heterocycles. The summed E-state index contributed by atoms with van der Waals surface area (Å²) in [6.07, 6.45) is 0.621. The Morgan fingerprint density at radius 3 is 2.29 bits per heavy atom. The predicted molar refractivity (Wildman–Crippen MR) is 65.6 cm³/mol. The van der Waals surface area contributed by atoms with E-state index in [2.05, 4.69) is 0 Å². The SMILES string of the molecule is COc1ccc(Cc2ccc(O)cc2)c(O)c1. The highest BCUT2D eigenvalue weighted by Gasteiger charge is 2.04. The van der Waals surface area contributed by atoms with Crippen molar-refractivity contribution in [3.8, 4) is 17.2 Å². The summed E-state index contributed by atoms with van der Waals surface area (Å²) in [5, 5.41) is 19.0. The third kappa shape index (κ3) is 2.69. The molecule has 2 aromatic carbocycles. The van der Waals surface area contributed by atoms with Crippen LogP contribution in [0.15, 0.2) is 42.5 Å². The van der Waals surface area contributed by atoms with Gasteiger partial charge in [0.2, 0.25) is 0 Å². The molecule has 0 heterocycles. The number of methoxy groups -OCH3 is 1. The summed E-state index contributed by atoms with van der Waals surface area (Å²) in [6.45, 7) is 0. The van der Waals surface area contributed by atoms with Crippen molar-refractivity contribution in [3.63, 3.8) is 0 Å². The van der Waals surface area contributed by atoms with E-state index in [1.165, 1.54) is 0 Å². The second-order valence-electron chi connectivity index (χ2n) is 3.84. The topological polar surface area (TPSA) is 49.7 Å². The van der Waals surface area contributed by atoms with E-state index in [-0.39, 0.29) is 11.5 Å². The number of aromatic hydroxyl groups is 2. The van der Waals surface area contributed by atoms with Crippen molar-refractivity contribution in [1.82, 2.24) is 0 Å². The van der Waals surface area contributed by atoms with Crippen molar-refractivity contribution in [2.75, 3.05) is 7.11 Å². The first kappa shape index (κ1) is 11.3. The Morgan fingerprint density at radius 1 is 1.00 bits per heavy atom. The minimum absolute atomic E-state index is 0.220. The molecule has 0 atom stereocenters. The fourth-order valence-electron chi connectivity index (χ4n) is 1.65. The summed E-state index contributed by atoms with van der Waals surface area (Å²) < 4.78 is 5.02. The highest BCUT2D eigenvalue weighted by atomic mass is 16.5. The molecule has 0 amide bonds. The van der Waals surface area contributed by atoms with Crippen molar-refractivity contribution in [3.05, 3.63) is 53.6 Å². The Labute approximate surface area is 99.9 Å². The van der Waals surface area contributed by atoms with Crippen LogP contribution in [-0.4, -0.2) is 17.3 Å². The average Bonchev–Trinajstić information content (AvgIpc) is 2.34. The molecule has 3 heteroatoms. The van der Waals surface area contributed by atoms with Gasteiger partial charge >= 0.3 is 0 Å². The zero-order chi connectivity index (χ0) is 12.3. The van der Waals surface area contributed by atoms with Crippen LogP contribution in [0, 0.1) is 0 Å². The first-order valence-electron chi connectivity index (χ1n) is 5.33. The monoisotopic (exact) mass is 230 g/mol. The first-order valence-corrected chi connectivity index (χ1v) is 5.33. The van der Waals surface area contributed by atoms with Gasteiger partial charge in [0.1, 0.15) is 17.2 Å². The standard InChI is InChI=1S/C14H14O3/c1-17-13-7-4-11(14(16)9-13)8-10-2-5-12(15)6-3-10/h2-7,9,15-16H,8H2,1H3.